The molecule has 0 aliphatic heterocycles. The predicted molar refractivity (Wildman–Crippen MR) is 70.4 cm³/mol. The number of rotatable bonds is 5. The normalized spacial score (nSPS) is 10.4. The summed E-state index contributed by atoms with van der Waals surface area (Å²) in [6.07, 6.45) is 2.35. The van der Waals surface area contributed by atoms with E-state index in [-0.39, 0.29) is 11.1 Å². The predicted octanol–water partition coefficient (Wildman–Crippen LogP) is 2.61. The third-order valence-electron chi connectivity index (χ3n) is 2.22. The second-order valence-electron chi connectivity index (χ2n) is 3.56. The van der Waals surface area contributed by atoms with Gasteiger partial charge in [-0.3, -0.25) is 4.79 Å². The Labute approximate surface area is 114 Å². The Bertz CT molecular complexity index is 401. The number of pyridine rings is 1. The minimum absolute atomic E-state index is 0.139. The van der Waals surface area contributed by atoms with E-state index in [0.29, 0.717) is 18.7 Å². The van der Waals surface area contributed by atoms with E-state index in [4.69, 9.17) is 16.3 Å². The van der Waals surface area contributed by atoms with Gasteiger partial charge in [-0.2, -0.15) is 0 Å². The van der Waals surface area contributed by atoms with Gasteiger partial charge >= 0.3 is 0 Å². The van der Waals surface area contributed by atoms with Gasteiger partial charge in [-0.1, -0.05) is 11.6 Å². The highest BCUT2D eigenvalue weighted by Crippen LogP contribution is 2.19. The monoisotopic (exact) mass is 320 g/mol. The number of amides is 1. The number of carbonyl (C=O) groups is 1. The molecule has 0 atom stereocenters. The molecule has 0 saturated heterocycles. The lowest BCUT2D eigenvalue weighted by Crippen LogP contribution is -2.28. The molecule has 17 heavy (non-hydrogen) atoms. The second-order valence-corrected chi connectivity index (χ2v) is 4.84. The quantitative estimate of drug-likeness (QED) is 0.618. The highest BCUT2D eigenvalue weighted by molar-refractivity contribution is 9.10. The summed E-state index contributed by atoms with van der Waals surface area (Å²) in [5.41, 5.74) is 0.404. The number of carbonyl (C=O) groups excluding carboxylic acids is 1. The van der Waals surface area contributed by atoms with Crippen molar-refractivity contribution in [3.8, 4) is 0 Å². The van der Waals surface area contributed by atoms with Gasteiger partial charge in [0.05, 0.1) is 5.56 Å². The molecule has 0 unspecified atom stereocenters. The zero-order valence-corrected chi connectivity index (χ0v) is 12.1. The summed E-state index contributed by atoms with van der Waals surface area (Å²) in [4.78, 5) is 17.6. The van der Waals surface area contributed by atoms with Gasteiger partial charge in [0.2, 0.25) is 0 Å². The molecule has 0 aliphatic carbocycles. The SMILES string of the molecule is COCCCN(C)C(=O)c1cc(Br)cnc1Cl. The van der Waals surface area contributed by atoms with Gasteiger partial charge in [-0.15, -0.1) is 0 Å². The number of nitrogens with zero attached hydrogens (tertiary/aromatic N) is 2. The number of halogens is 2. The van der Waals surface area contributed by atoms with E-state index in [9.17, 15) is 4.79 Å². The molecular weight excluding hydrogens is 307 g/mol. The maximum Gasteiger partial charge on any atom is 0.256 e. The largest absolute Gasteiger partial charge is 0.385 e. The van der Waals surface area contributed by atoms with Gasteiger partial charge in [0.1, 0.15) is 5.15 Å². The molecule has 1 aromatic heterocycles. The van der Waals surface area contributed by atoms with Gasteiger partial charge in [0.15, 0.2) is 0 Å². The van der Waals surface area contributed by atoms with E-state index in [1.807, 2.05) is 0 Å². The van der Waals surface area contributed by atoms with Crippen molar-refractivity contribution in [3.63, 3.8) is 0 Å². The fourth-order valence-corrected chi connectivity index (χ4v) is 1.84. The molecule has 6 heteroatoms. The van der Waals surface area contributed by atoms with E-state index in [0.717, 1.165) is 10.9 Å². The van der Waals surface area contributed by atoms with E-state index in [1.165, 1.54) is 0 Å². The van der Waals surface area contributed by atoms with Crippen molar-refractivity contribution in [1.82, 2.24) is 9.88 Å². The van der Waals surface area contributed by atoms with E-state index in [1.54, 1.807) is 31.3 Å². The molecule has 0 N–H and O–H groups in total. The van der Waals surface area contributed by atoms with Crippen LogP contribution in [0.1, 0.15) is 16.8 Å². The Morgan fingerprint density at radius 1 is 1.65 bits per heavy atom. The van der Waals surface area contributed by atoms with Crippen LogP contribution in [0.4, 0.5) is 0 Å². The summed E-state index contributed by atoms with van der Waals surface area (Å²) >= 11 is 9.16. The van der Waals surface area contributed by atoms with Crippen LogP contribution < -0.4 is 0 Å². The van der Waals surface area contributed by atoms with Crippen LogP contribution in [-0.4, -0.2) is 43.1 Å². The van der Waals surface area contributed by atoms with Crippen LogP contribution in [0.5, 0.6) is 0 Å². The first kappa shape index (κ1) is 14.4. The average molecular weight is 322 g/mol. The Hall–Kier alpha value is -0.650. The molecule has 1 amide bonds. The fraction of sp³-hybridized carbons (Fsp3) is 0.455. The van der Waals surface area contributed by atoms with Crippen molar-refractivity contribution in [1.29, 1.82) is 0 Å². The zero-order valence-electron chi connectivity index (χ0n) is 9.74. The summed E-state index contributed by atoms with van der Waals surface area (Å²) in [5, 5.41) is 0.219. The summed E-state index contributed by atoms with van der Waals surface area (Å²) in [5.74, 6) is -0.139. The molecular formula is C11H14BrClN2O2. The van der Waals surface area contributed by atoms with Crippen LogP contribution in [0.25, 0.3) is 0 Å². The summed E-state index contributed by atoms with van der Waals surface area (Å²) in [7, 11) is 3.37. The van der Waals surface area contributed by atoms with Gasteiger partial charge in [0, 0.05) is 38.0 Å². The molecule has 1 heterocycles. The Balaban J connectivity index is 2.71. The van der Waals surface area contributed by atoms with E-state index < -0.39 is 0 Å². The lowest BCUT2D eigenvalue weighted by molar-refractivity contribution is 0.0779. The molecule has 0 fully saturated rings. The maximum atomic E-state index is 12.1. The molecule has 0 aromatic carbocycles. The van der Waals surface area contributed by atoms with Crippen molar-refractivity contribution < 1.29 is 9.53 Å². The third-order valence-corrected chi connectivity index (χ3v) is 2.96. The highest BCUT2D eigenvalue weighted by Gasteiger charge is 2.16. The van der Waals surface area contributed by atoms with Crippen LogP contribution in [0.2, 0.25) is 5.15 Å². The first-order chi connectivity index (χ1) is 8.06. The molecule has 1 rings (SSSR count). The fourth-order valence-electron chi connectivity index (χ4n) is 1.33. The van der Waals surface area contributed by atoms with Gasteiger partial charge in [0.25, 0.3) is 5.91 Å². The van der Waals surface area contributed by atoms with Crippen molar-refractivity contribution in [2.75, 3.05) is 27.3 Å². The maximum absolute atomic E-state index is 12.1. The van der Waals surface area contributed by atoms with Gasteiger partial charge < -0.3 is 9.64 Å². The van der Waals surface area contributed by atoms with E-state index in [2.05, 4.69) is 20.9 Å². The molecule has 1 aromatic rings. The van der Waals surface area contributed by atoms with Crippen LogP contribution in [0.3, 0.4) is 0 Å². The average Bonchev–Trinajstić information content (AvgIpc) is 2.31. The van der Waals surface area contributed by atoms with Crippen molar-refractivity contribution in [2.24, 2.45) is 0 Å². The molecule has 94 valence electrons. The first-order valence-corrected chi connectivity index (χ1v) is 6.28. The van der Waals surface area contributed by atoms with Crippen LogP contribution in [-0.2, 0) is 4.74 Å². The second kappa shape index (κ2) is 6.93. The lowest BCUT2D eigenvalue weighted by Gasteiger charge is -2.17. The minimum Gasteiger partial charge on any atom is -0.385 e. The molecule has 0 aliphatic rings. The number of hydrogen-bond acceptors (Lipinski definition) is 3. The third kappa shape index (κ3) is 4.26. The van der Waals surface area contributed by atoms with Crippen molar-refractivity contribution in [3.05, 3.63) is 27.5 Å². The Morgan fingerprint density at radius 3 is 3.00 bits per heavy atom. The Kier molecular flexibility index (Phi) is 5.88. The molecule has 4 nitrogen and oxygen atoms in total. The number of ether oxygens (including phenoxy) is 1. The minimum atomic E-state index is -0.139. The van der Waals surface area contributed by atoms with E-state index >= 15 is 0 Å². The van der Waals surface area contributed by atoms with Crippen LogP contribution in [0.15, 0.2) is 16.7 Å². The topological polar surface area (TPSA) is 42.4 Å². The smallest absolute Gasteiger partial charge is 0.256 e. The van der Waals surface area contributed by atoms with Gasteiger partial charge in [-0.25, -0.2) is 4.98 Å². The molecule has 0 radical (unpaired) electrons. The van der Waals surface area contributed by atoms with Crippen molar-refractivity contribution >= 4 is 33.4 Å². The van der Waals surface area contributed by atoms with Crippen LogP contribution in [0, 0.1) is 0 Å². The highest BCUT2D eigenvalue weighted by atomic mass is 79.9. The standard InChI is InChI=1S/C11H14BrClN2O2/c1-15(4-3-5-17-2)11(16)9-6-8(12)7-14-10(9)13/h6-7H,3-5H2,1-2H3. The molecule has 0 saturated carbocycles. The number of hydrogen-bond donors (Lipinski definition) is 0. The lowest BCUT2D eigenvalue weighted by atomic mass is 10.2. The summed E-state index contributed by atoms with van der Waals surface area (Å²) in [6, 6.07) is 1.67. The van der Waals surface area contributed by atoms with Crippen molar-refractivity contribution in [2.45, 2.75) is 6.42 Å². The first-order valence-electron chi connectivity index (χ1n) is 5.11. The summed E-state index contributed by atoms with van der Waals surface area (Å²) < 4.78 is 5.67. The number of aromatic nitrogens is 1. The van der Waals surface area contributed by atoms with Crippen LogP contribution >= 0.6 is 27.5 Å². The number of methoxy groups -OCH3 is 1. The zero-order chi connectivity index (χ0) is 12.8. The summed E-state index contributed by atoms with van der Waals surface area (Å²) in [6.45, 7) is 1.25. The van der Waals surface area contributed by atoms with Gasteiger partial charge in [-0.05, 0) is 28.4 Å². The Morgan fingerprint density at radius 2 is 2.35 bits per heavy atom. The molecule has 0 spiro atoms. The molecule has 0 bridgehead atoms.